The van der Waals surface area contributed by atoms with Crippen molar-refractivity contribution >= 4 is 46.7 Å². The topological polar surface area (TPSA) is 126 Å². The number of nitrogens with two attached hydrogens (primary N) is 1. The Hall–Kier alpha value is -3.80. The molecule has 2 amide bonds. The summed E-state index contributed by atoms with van der Waals surface area (Å²) in [5.74, 6) is 0.0293. The lowest BCUT2D eigenvalue weighted by molar-refractivity contribution is -0.132. The lowest BCUT2D eigenvalue weighted by Crippen LogP contribution is -2.34. The molecule has 3 N–H and O–H groups in total. The highest BCUT2D eigenvalue weighted by Crippen LogP contribution is 2.21. The summed E-state index contributed by atoms with van der Waals surface area (Å²) in [7, 11) is -3.77. The van der Waals surface area contributed by atoms with Crippen LogP contribution in [-0.4, -0.2) is 67.7 Å². The summed E-state index contributed by atoms with van der Waals surface area (Å²) in [4.78, 5) is 35.3. The fourth-order valence-corrected chi connectivity index (χ4v) is 6.54. The molecule has 1 aromatic heterocycles. The Morgan fingerprint density at radius 3 is 2.22 bits per heavy atom. The van der Waals surface area contributed by atoms with Gasteiger partial charge in [-0.1, -0.05) is 66.7 Å². The molecule has 0 unspecified atom stereocenters. The van der Waals surface area contributed by atoms with E-state index in [-0.39, 0.29) is 47.9 Å². The number of likely N-dealkylation sites (tertiary alicyclic amines) is 1. The SMILES string of the molecule is Cl.Cl.NS(=O)(=O)c1ccc(CCN(Cc2cccc(-c3cccc(CC(=O)NCCN4CCCC4)n3)c2)C(=O)CCCc2ccccc2)cc1. The van der Waals surface area contributed by atoms with E-state index in [0.29, 0.717) is 38.2 Å². The van der Waals surface area contributed by atoms with Crippen LogP contribution in [0.15, 0.2) is 102 Å². The van der Waals surface area contributed by atoms with E-state index in [2.05, 4.69) is 22.3 Å². The molecular weight excluding hydrogens is 693 g/mol. The molecule has 1 saturated heterocycles. The van der Waals surface area contributed by atoms with Crippen molar-refractivity contribution in [1.82, 2.24) is 20.1 Å². The molecule has 1 aliphatic rings. The maximum absolute atomic E-state index is 13.6. The molecule has 0 spiro atoms. The Balaban J connectivity index is 0.00000338. The summed E-state index contributed by atoms with van der Waals surface area (Å²) in [6.45, 7) is 4.63. The number of hydrogen-bond donors (Lipinski definition) is 2. The number of halogens is 2. The lowest BCUT2D eigenvalue weighted by atomic mass is 10.0. The van der Waals surface area contributed by atoms with Crippen LogP contribution in [0, 0.1) is 0 Å². The predicted octanol–water partition coefficient (Wildman–Crippen LogP) is 5.59. The van der Waals surface area contributed by atoms with Crippen LogP contribution in [0.3, 0.4) is 0 Å². The number of aryl methyl sites for hydroxylation is 1. The van der Waals surface area contributed by atoms with Crippen LogP contribution in [0.5, 0.6) is 0 Å². The molecule has 4 aromatic rings. The molecule has 0 aliphatic carbocycles. The van der Waals surface area contributed by atoms with Crippen LogP contribution in [0.25, 0.3) is 11.3 Å². The molecule has 268 valence electrons. The Bertz CT molecular complexity index is 1770. The van der Waals surface area contributed by atoms with Gasteiger partial charge < -0.3 is 15.1 Å². The first-order chi connectivity index (χ1) is 23.2. The largest absolute Gasteiger partial charge is 0.354 e. The first-order valence-corrected chi connectivity index (χ1v) is 18.3. The molecule has 50 heavy (non-hydrogen) atoms. The Labute approximate surface area is 308 Å². The van der Waals surface area contributed by atoms with Crippen molar-refractivity contribution in [2.24, 2.45) is 5.14 Å². The zero-order chi connectivity index (χ0) is 33.8. The van der Waals surface area contributed by atoms with Gasteiger partial charge in [-0.25, -0.2) is 13.6 Å². The molecule has 1 fully saturated rings. The van der Waals surface area contributed by atoms with Crippen LogP contribution in [0.2, 0.25) is 0 Å². The van der Waals surface area contributed by atoms with Gasteiger partial charge in [0.15, 0.2) is 0 Å². The number of sulfonamides is 1. The number of aromatic nitrogens is 1. The summed E-state index contributed by atoms with van der Waals surface area (Å²) in [5.41, 5.74) is 5.49. The van der Waals surface area contributed by atoms with Gasteiger partial charge in [0.2, 0.25) is 21.8 Å². The lowest BCUT2D eigenvalue weighted by Gasteiger charge is -2.23. The van der Waals surface area contributed by atoms with E-state index in [1.807, 2.05) is 65.6 Å². The Morgan fingerprint density at radius 1 is 0.820 bits per heavy atom. The molecule has 0 saturated carbocycles. The molecule has 2 heterocycles. The van der Waals surface area contributed by atoms with Crippen molar-refractivity contribution in [3.63, 3.8) is 0 Å². The Morgan fingerprint density at radius 2 is 1.50 bits per heavy atom. The monoisotopic (exact) mass is 739 g/mol. The molecule has 0 atom stereocenters. The van der Waals surface area contributed by atoms with Gasteiger partial charge in [-0.15, -0.1) is 24.8 Å². The number of carbonyl (C=O) groups is 2. The van der Waals surface area contributed by atoms with Crippen LogP contribution < -0.4 is 10.5 Å². The average molecular weight is 741 g/mol. The van der Waals surface area contributed by atoms with E-state index in [1.54, 1.807) is 12.1 Å². The number of nitrogens with zero attached hydrogens (tertiary/aromatic N) is 3. The quantitative estimate of drug-likeness (QED) is 0.154. The predicted molar refractivity (Wildman–Crippen MR) is 203 cm³/mol. The highest BCUT2D eigenvalue weighted by molar-refractivity contribution is 7.89. The maximum atomic E-state index is 13.6. The number of hydrogen-bond acceptors (Lipinski definition) is 6. The maximum Gasteiger partial charge on any atom is 0.238 e. The third kappa shape index (κ3) is 12.8. The van der Waals surface area contributed by atoms with Gasteiger partial charge in [-0.2, -0.15) is 0 Å². The number of primary sulfonamides is 1. The van der Waals surface area contributed by atoms with Gasteiger partial charge in [0.25, 0.3) is 0 Å². The second-order valence-corrected chi connectivity index (χ2v) is 13.9. The van der Waals surface area contributed by atoms with Gasteiger partial charge in [-0.05, 0) is 92.2 Å². The van der Waals surface area contributed by atoms with Crippen molar-refractivity contribution in [2.45, 2.75) is 56.4 Å². The van der Waals surface area contributed by atoms with Crippen LogP contribution in [0.1, 0.15) is 48.1 Å². The highest BCUT2D eigenvalue weighted by Gasteiger charge is 2.16. The molecule has 1 aliphatic heterocycles. The minimum Gasteiger partial charge on any atom is -0.354 e. The van der Waals surface area contributed by atoms with Crippen molar-refractivity contribution in [3.05, 3.63) is 119 Å². The number of nitrogens with one attached hydrogen (secondary N) is 1. The van der Waals surface area contributed by atoms with E-state index >= 15 is 0 Å². The second-order valence-electron chi connectivity index (χ2n) is 12.4. The van der Waals surface area contributed by atoms with E-state index < -0.39 is 10.0 Å². The summed E-state index contributed by atoms with van der Waals surface area (Å²) >= 11 is 0. The fourth-order valence-electron chi connectivity index (χ4n) is 6.02. The van der Waals surface area contributed by atoms with Gasteiger partial charge in [0.1, 0.15) is 0 Å². The third-order valence-corrected chi connectivity index (χ3v) is 9.60. The number of amides is 2. The zero-order valence-corrected chi connectivity index (χ0v) is 30.7. The molecule has 5 rings (SSSR count). The molecule has 12 heteroatoms. The zero-order valence-electron chi connectivity index (χ0n) is 28.2. The van der Waals surface area contributed by atoms with Gasteiger partial charge in [0, 0.05) is 38.2 Å². The van der Waals surface area contributed by atoms with E-state index in [4.69, 9.17) is 10.1 Å². The summed E-state index contributed by atoms with van der Waals surface area (Å²) < 4.78 is 23.4. The van der Waals surface area contributed by atoms with Crippen molar-refractivity contribution in [1.29, 1.82) is 0 Å². The highest BCUT2D eigenvalue weighted by atomic mass is 35.5. The first-order valence-electron chi connectivity index (χ1n) is 16.7. The van der Waals surface area contributed by atoms with Crippen LogP contribution >= 0.6 is 24.8 Å². The minimum atomic E-state index is -3.77. The third-order valence-electron chi connectivity index (χ3n) is 8.67. The fraction of sp³-hybridized carbons (Fsp3) is 0.342. The summed E-state index contributed by atoms with van der Waals surface area (Å²) in [6, 6.07) is 30.4. The van der Waals surface area contributed by atoms with E-state index in [9.17, 15) is 18.0 Å². The molecule has 0 bridgehead atoms. The normalized spacial score (nSPS) is 12.8. The van der Waals surface area contributed by atoms with Gasteiger partial charge >= 0.3 is 0 Å². The Kier molecular flexibility index (Phi) is 16.4. The van der Waals surface area contributed by atoms with Gasteiger partial charge in [0.05, 0.1) is 22.7 Å². The molecule has 9 nitrogen and oxygen atoms in total. The number of benzene rings is 3. The van der Waals surface area contributed by atoms with E-state index in [0.717, 1.165) is 54.9 Å². The number of carbonyl (C=O) groups excluding carboxylic acids is 2. The van der Waals surface area contributed by atoms with Crippen molar-refractivity contribution < 1.29 is 18.0 Å². The first kappa shape index (κ1) is 40.6. The van der Waals surface area contributed by atoms with Crippen LogP contribution in [0.4, 0.5) is 0 Å². The van der Waals surface area contributed by atoms with Crippen molar-refractivity contribution in [3.8, 4) is 11.3 Å². The molecule has 0 radical (unpaired) electrons. The molecule has 3 aromatic carbocycles. The van der Waals surface area contributed by atoms with Gasteiger partial charge in [-0.3, -0.25) is 14.6 Å². The summed E-state index contributed by atoms with van der Waals surface area (Å²) in [5, 5.41) is 8.28. The molecular formula is C38H47Cl2N5O4S. The smallest absolute Gasteiger partial charge is 0.238 e. The van der Waals surface area contributed by atoms with E-state index in [1.165, 1.54) is 30.5 Å². The second kappa shape index (κ2) is 20.1. The minimum absolute atomic E-state index is 0. The average Bonchev–Trinajstić information content (AvgIpc) is 3.61. The van der Waals surface area contributed by atoms with Crippen molar-refractivity contribution in [2.75, 3.05) is 32.7 Å². The standard InChI is InChI=1S/C38H45N5O4S.2ClH/c39-48(46,47)35-19-17-31(18-20-35)21-25-43(38(45)16-7-11-30-9-2-1-3-10-30)29-32-12-6-13-33(27-32)36-15-8-14-34(41-36)28-37(44)40-22-26-42-23-4-5-24-42;;/h1-3,6,8-10,12-15,17-20,27H,4-5,7,11,16,21-26,28-29H2,(H,40,44)(H2,39,46,47);2*1H. The number of rotatable bonds is 16. The van der Waals surface area contributed by atoms with Crippen LogP contribution in [-0.2, 0) is 45.4 Å². The summed E-state index contributed by atoms with van der Waals surface area (Å²) in [6.07, 6.45) is 5.23. The number of pyridine rings is 1.